The van der Waals surface area contributed by atoms with E-state index < -0.39 is 5.41 Å². The standard InChI is InChI=1S/C39H23Br/c40-26-19-20-36-25(21-26)18-17-24-9-1-7-15-35(24)39(36)37-16-8-6-14-31(37)34-22-32-29-12-4-2-10-27(29)28-11-3-5-13-30(28)33(32)23-38(34)39/h1-23H. The van der Waals surface area contributed by atoms with Gasteiger partial charge in [0.2, 0.25) is 0 Å². The Balaban J connectivity index is 1.54. The number of benzene rings is 7. The van der Waals surface area contributed by atoms with Crippen molar-refractivity contribution in [1.82, 2.24) is 0 Å². The zero-order chi connectivity index (χ0) is 26.4. The topological polar surface area (TPSA) is 0 Å². The van der Waals surface area contributed by atoms with E-state index in [9.17, 15) is 0 Å². The highest BCUT2D eigenvalue weighted by Crippen LogP contribution is 2.59. The van der Waals surface area contributed by atoms with Crippen LogP contribution >= 0.6 is 15.9 Å². The van der Waals surface area contributed by atoms with Crippen LogP contribution in [-0.4, -0.2) is 0 Å². The molecular weight excluding hydrogens is 548 g/mol. The molecule has 2 aliphatic rings. The zero-order valence-electron chi connectivity index (χ0n) is 21.7. The first-order chi connectivity index (χ1) is 19.7. The maximum atomic E-state index is 3.76. The highest BCUT2D eigenvalue weighted by molar-refractivity contribution is 9.10. The molecule has 7 aromatic rings. The summed E-state index contributed by atoms with van der Waals surface area (Å²) in [6.07, 6.45) is 4.58. The number of hydrogen-bond acceptors (Lipinski definition) is 0. The van der Waals surface area contributed by atoms with E-state index in [4.69, 9.17) is 0 Å². The lowest BCUT2D eigenvalue weighted by atomic mass is 9.66. The van der Waals surface area contributed by atoms with Crippen LogP contribution in [0.3, 0.4) is 0 Å². The van der Waals surface area contributed by atoms with Gasteiger partial charge in [-0.3, -0.25) is 0 Å². The van der Waals surface area contributed by atoms with Gasteiger partial charge in [-0.15, -0.1) is 0 Å². The van der Waals surface area contributed by atoms with E-state index >= 15 is 0 Å². The molecular formula is C39H23Br. The molecule has 9 rings (SSSR count). The smallest absolute Gasteiger partial charge is 0.0619 e. The van der Waals surface area contributed by atoms with Crippen molar-refractivity contribution < 1.29 is 0 Å². The molecule has 0 bridgehead atoms. The zero-order valence-corrected chi connectivity index (χ0v) is 23.2. The van der Waals surface area contributed by atoms with Crippen molar-refractivity contribution in [2.45, 2.75) is 5.41 Å². The highest BCUT2D eigenvalue weighted by Gasteiger charge is 2.48. The summed E-state index contributed by atoms with van der Waals surface area (Å²) in [7, 11) is 0. The first-order valence-corrected chi connectivity index (χ1v) is 14.6. The van der Waals surface area contributed by atoms with Crippen molar-refractivity contribution in [3.8, 4) is 11.1 Å². The van der Waals surface area contributed by atoms with Gasteiger partial charge in [0.25, 0.3) is 0 Å². The fourth-order valence-corrected chi connectivity index (χ4v) is 7.95. The number of fused-ring (bicyclic) bond motifs is 15. The molecule has 0 saturated carbocycles. The van der Waals surface area contributed by atoms with Crippen molar-refractivity contribution in [2.75, 3.05) is 0 Å². The monoisotopic (exact) mass is 570 g/mol. The molecule has 1 atom stereocenters. The summed E-state index contributed by atoms with van der Waals surface area (Å²) in [5.41, 5.74) is 10.1. The molecule has 186 valence electrons. The van der Waals surface area contributed by atoms with Crippen molar-refractivity contribution in [2.24, 2.45) is 0 Å². The van der Waals surface area contributed by atoms with Crippen LogP contribution in [-0.2, 0) is 5.41 Å². The maximum Gasteiger partial charge on any atom is 0.0725 e. The fraction of sp³-hybridized carbons (Fsp3) is 0.0256. The van der Waals surface area contributed by atoms with Gasteiger partial charge < -0.3 is 0 Å². The van der Waals surface area contributed by atoms with Crippen molar-refractivity contribution >= 4 is 60.4 Å². The molecule has 1 spiro atoms. The van der Waals surface area contributed by atoms with E-state index in [1.807, 2.05) is 0 Å². The van der Waals surface area contributed by atoms with E-state index in [1.165, 1.54) is 76.8 Å². The summed E-state index contributed by atoms with van der Waals surface area (Å²) < 4.78 is 1.10. The minimum Gasteiger partial charge on any atom is -0.0619 e. The molecule has 0 saturated heterocycles. The van der Waals surface area contributed by atoms with Gasteiger partial charge in [-0.1, -0.05) is 131 Å². The molecule has 2 aliphatic carbocycles. The largest absolute Gasteiger partial charge is 0.0725 e. The summed E-state index contributed by atoms with van der Waals surface area (Å²) in [6, 6.07) is 47.6. The van der Waals surface area contributed by atoms with Crippen LogP contribution in [0.5, 0.6) is 0 Å². The van der Waals surface area contributed by atoms with Crippen molar-refractivity contribution in [3.05, 3.63) is 165 Å². The lowest BCUT2D eigenvalue weighted by Gasteiger charge is -2.35. The second-order valence-electron chi connectivity index (χ2n) is 11.0. The molecule has 0 radical (unpaired) electrons. The Bertz CT molecular complexity index is 2240. The molecule has 1 unspecified atom stereocenters. The molecule has 0 heterocycles. The van der Waals surface area contributed by atoms with Crippen LogP contribution in [0.2, 0.25) is 0 Å². The summed E-state index contributed by atoms with van der Waals surface area (Å²) >= 11 is 3.76. The van der Waals surface area contributed by atoms with Crippen LogP contribution in [0.25, 0.3) is 55.6 Å². The van der Waals surface area contributed by atoms with Gasteiger partial charge in [-0.05, 0) is 101 Å². The van der Waals surface area contributed by atoms with Crippen molar-refractivity contribution in [1.29, 1.82) is 0 Å². The Morgan fingerprint density at radius 3 is 1.68 bits per heavy atom. The van der Waals surface area contributed by atoms with Crippen molar-refractivity contribution in [3.63, 3.8) is 0 Å². The number of rotatable bonds is 0. The SMILES string of the molecule is Brc1ccc2c(c1)C=Cc1ccccc1C21c2ccccc2-c2cc3c4ccccc4c4ccccc4c3cc21. The minimum absolute atomic E-state index is 0.428. The van der Waals surface area contributed by atoms with Crippen LogP contribution in [0.1, 0.15) is 33.4 Å². The van der Waals surface area contributed by atoms with Gasteiger partial charge in [-0.25, -0.2) is 0 Å². The third-order valence-electron chi connectivity index (χ3n) is 9.13. The van der Waals surface area contributed by atoms with E-state index in [2.05, 4.69) is 155 Å². The molecule has 0 N–H and O–H groups in total. The highest BCUT2D eigenvalue weighted by atomic mass is 79.9. The molecule has 40 heavy (non-hydrogen) atoms. The molecule has 0 aromatic heterocycles. The number of halogens is 1. The first kappa shape index (κ1) is 22.4. The Hall–Kier alpha value is -4.46. The molecule has 0 nitrogen and oxygen atoms in total. The third-order valence-corrected chi connectivity index (χ3v) is 9.63. The lowest BCUT2D eigenvalue weighted by Crippen LogP contribution is -2.30. The molecule has 0 amide bonds. The van der Waals surface area contributed by atoms with Gasteiger partial charge >= 0.3 is 0 Å². The van der Waals surface area contributed by atoms with Gasteiger partial charge in [-0.2, -0.15) is 0 Å². The summed E-state index contributed by atoms with van der Waals surface area (Å²) in [6.45, 7) is 0. The molecule has 1 heteroatoms. The Morgan fingerprint density at radius 2 is 0.925 bits per heavy atom. The van der Waals surface area contributed by atoms with E-state index in [0.29, 0.717) is 0 Å². The first-order valence-electron chi connectivity index (χ1n) is 13.8. The summed E-state index contributed by atoms with van der Waals surface area (Å²) in [4.78, 5) is 0. The van der Waals surface area contributed by atoms with Crippen LogP contribution < -0.4 is 0 Å². The Morgan fingerprint density at radius 1 is 0.375 bits per heavy atom. The molecule has 0 fully saturated rings. The van der Waals surface area contributed by atoms with Gasteiger partial charge in [0, 0.05) is 4.47 Å². The Labute approximate surface area is 241 Å². The minimum atomic E-state index is -0.428. The summed E-state index contributed by atoms with van der Waals surface area (Å²) in [5.74, 6) is 0. The predicted octanol–water partition coefficient (Wildman–Crippen LogP) is 10.8. The van der Waals surface area contributed by atoms with E-state index in [1.54, 1.807) is 0 Å². The van der Waals surface area contributed by atoms with Crippen LogP contribution in [0, 0.1) is 0 Å². The normalized spacial score (nSPS) is 16.6. The van der Waals surface area contributed by atoms with E-state index in [-0.39, 0.29) is 0 Å². The van der Waals surface area contributed by atoms with Gasteiger partial charge in [0.05, 0.1) is 5.41 Å². The van der Waals surface area contributed by atoms with Gasteiger partial charge in [0.1, 0.15) is 0 Å². The lowest BCUT2D eigenvalue weighted by molar-refractivity contribution is 0.767. The second kappa shape index (κ2) is 8.03. The average molecular weight is 572 g/mol. The quantitative estimate of drug-likeness (QED) is 0.159. The Kier molecular flexibility index (Phi) is 4.49. The van der Waals surface area contributed by atoms with Crippen LogP contribution in [0.4, 0.5) is 0 Å². The molecule has 0 aliphatic heterocycles. The summed E-state index contributed by atoms with van der Waals surface area (Å²) in [5, 5.41) is 7.86. The number of hydrogen-bond donors (Lipinski definition) is 0. The predicted molar refractivity (Wildman–Crippen MR) is 173 cm³/mol. The maximum absolute atomic E-state index is 3.76. The second-order valence-corrected chi connectivity index (χ2v) is 11.9. The van der Waals surface area contributed by atoms with Gasteiger partial charge in [0.15, 0.2) is 0 Å². The molecule has 7 aromatic carbocycles. The fourth-order valence-electron chi connectivity index (χ4n) is 7.58. The van der Waals surface area contributed by atoms with E-state index in [0.717, 1.165) is 4.47 Å². The third kappa shape index (κ3) is 2.75. The average Bonchev–Trinajstić information content (AvgIpc) is 3.20. The van der Waals surface area contributed by atoms with Crippen LogP contribution in [0.15, 0.2) is 132 Å².